The van der Waals surface area contributed by atoms with Gasteiger partial charge in [0.05, 0.1) is 11.0 Å². The average molecular weight is 309 g/mol. The Hall–Kier alpha value is -0.0600. The fourth-order valence-corrected chi connectivity index (χ4v) is 1.54. The molecular formula is C9H11Br2NO. The van der Waals surface area contributed by atoms with Gasteiger partial charge in [0.15, 0.2) is 4.67 Å². The first kappa shape index (κ1) is 11.0. The third kappa shape index (κ3) is 3.67. The summed E-state index contributed by atoms with van der Waals surface area (Å²) in [6.07, 6.45) is 0. The number of furan rings is 1. The Bertz CT molecular complexity index is 287. The van der Waals surface area contributed by atoms with E-state index in [4.69, 9.17) is 4.42 Å². The minimum atomic E-state index is 0.719. The van der Waals surface area contributed by atoms with Crippen LogP contribution in [0.5, 0.6) is 0 Å². The van der Waals surface area contributed by atoms with E-state index in [1.54, 1.807) is 0 Å². The molecule has 1 N–H and O–H groups in total. The maximum absolute atomic E-state index is 5.37. The first-order valence-electron chi connectivity index (χ1n) is 3.88. The topological polar surface area (TPSA) is 25.2 Å². The summed E-state index contributed by atoms with van der Waals surface area (Å²) in [4.78, 5) is 0. The van der Waals surface area contributed by atoms with Crippen LogP contribution in [0.25, 0.3) is 0 Å². The number of rotatable bonds is 4. The minimum absolute atomic E-state index is 0.719. The number of nitrogens with one attached hydrogen (secondary N) is 1. The molecule has 2 nitrogen and oxygen atoms in total. The van der Waals surface area contributed by atoms with Gasteiger partial charge in [0.2, 0.25) is 0 Å². The lowest BCUT2D eigenvalue weighted by molar-refractivity contribution is 0.469. The van der Waals surface area contributed by atoms with Crippen molar-refractivity contribution < 1.29 is 4.42 Å². The molecule has 13 heavy (non-hydrogen) atoms. The maximum Gasteiger partial charge on any atom is 0.183 e. The van der Waals surface area contributed by atoms with E-state index in [0.717, 1.165) is 33.6 Å². The smallest absolute Gasteiger partial charge is 0.183 e. The molecule has 0 amide bonds. The highest BCUT2D eigenvalue weighted by Crippen LogP contribution is 2.26. The second kappa shape index (κ2) is 4.98. The molecule has 0 spiro atoms. The van der Waals surface area contributed by atoms with Crippen molar-refractivity contribution in [1.29, 1.82) is 0 Å². The van der Waals surface area contributed by atoms with Crippen LogP contribution in [-0.4, -0.2) is 6.54 Å². The summed E-state index contributed by atoms with van der Waals surface area (Å²) in [6, 6.07) is 1.94. The van der Waals surface area contributed by atoms with E-state index in [-0.39, 0.29) is 0 Å². The van der Waals surface area contributed by atoms with Crippen LogP contribution >= 0.6 is 31.9 Å². The highest BCUT2D eigenvalue weighted by Gasteiger charge is 2.04. The quantitative estimate of drug-likeness (QED) is 0.862. The fourth-order valence-electron chi connectivity index (χ4n) is 0.878. The molecule has 1 aromatic heterocycles. The zero-order chi connectivity index (χ0) is 9.84. The van der Waals surface area contributed by atoms with Crippen molar-refractivity contribution in [1.82, 2.24) is 5.32 Å². The molecule has 1 heterocycles. The predicted molar refractivity (Wildman–Crippen MR) is 60.6 cm³/mol. The van der Waals surface area contributed by atoms with E-state index < -0.39 is 0 Å². The van der Waals surface area contributed by atoms with Crippen LogP contribution in [0.15, 0.2) is 31.8 Å². The van der Waals surface area contributed by atoms with Crippen molar-refractivity contribution in [3.63, 3.8) is 0 Å². The third-order valence-corrected chi connectivity index (χ3v) is 3.13. The van der Waals surface area contributed by atoms with Crippen LogP contribution in [0.2, 0.25) is 0 Å². The minimum Gasteiger partial charge on any atom is -0.452 e. The molecule has 0 atom stereocenters. The number of halogens is 2. The number of hydrogen-bond acceptors (Lipinski definition) is 2. The molecule has 72 valence electrons. The van der Waals surface area contributed by atoms with Crippen molar-refractivity contribution in [3.8, 4) is 0 Å². The largest absolute Gasteiger partial charge is 0.452 e. The molecule has 0 aromatic carbocycles. The van der Waals surface area contributed by atoms with Gasteiger partial charge in [0, 0.05) is 6.54 Å². The third-order valence-electron chi connectivity index (χ3n) is 1.42. The standard InChI is InChI=1S/C9H11Br2NO/c1-6(2)4-12-5-7-3-8(10)9(11)13-7/h3,12H,1,4-5H2,2H3. The van der Waals surface area contributed by atoms with E-state index in [9.17, 15) is 0 Å². The summed E-state index contributed by atoms with van der Waals surface area (Å²) in [5.74, 6) is 0.903. The summed E-state index contributed by atoms with van der Waals surface area (Å²) in [6.45, 7) is 7.32. The maximum atomic E-state index is 5.37. The summed E-state index contributed by atoms with van der Waals surface area (Å²) in [5.41, 5.74) is 1.12. The van der Waals surface area contributed by atoms with E-state index in [1.165, 1.54) is 0 Å². The second-order valence-corrected chi connectivity index (χ2v) is 4.47. The van der Waals surface area contributed by atoms with Gasteiger partial charge in [-0.05, 0) is 44.8 Å². The molecule has 0 radical (unpaired) electrons. The summed E-state index contributed by atoms with van der Waals surface area (Å²) < 4.78 is 7.05. The summed E-state index contributed by atoms with van der Waals surface area (Å²) in [7, 11) is 0. The molecular weight excluding hydrogens is 298 g/mol. The van der Waals surface area contributed by atoms with Gasteiger partial charge in [-0.25, -0.2) is 0 Å². The highest BCUT2D eigenvalue weighted by atomic mass is 79.9. The molecule has 0 aliphatic rings. The van der Waals surface area contributed by atoms with E-state index in [1.807, 2.05) is 13.0 Å². The lowest BCUT2D eigenvalue weighted by atomic mass is 10.3. The zero-order valence-electron chi connectivity index (χ0n) is 7.36. The first-order valence-corrected chi connectivity index (χ1v) is 5.47. The van der Waals surface area contributed by atoms with E-state index >= 15 is 0 Å². The van der Waals surface area contributed by atoms with E-state index in [0.29, 0.717) is 0 Å². The van der Waals surface area contributed by atoms with Crippen molar-refractivity contribution in [2.45, 2.75) is 13.5 Å². The summed E-state index contributed by atoms with van der Waals surface area (Å²) >= 11 is 6.63. The molecule has 0 saturated heterocycles. The van der Waals surface area contributed by atoms with Crippen LogP contribution < -0.4 is 5.32 Å². The second-order valence-electron chi connectivity index (χ2n) is 2.90. The zero-order valence-corrected chi connectivity index (χ0v) is 10.5. The Labute approximate surface area is 94.6 Å². The van der Waals surface area contributed by atoms with Crippen molar-refractivity contribution in [3.05, 3.63) is 33.1 Å². The van der Waals surface area contributed by atoms with Crippen LogP contribution in [0, 0.1) is 0 Å². The van der Waals surface area contributed by atoms with Crippen LogP contribution in [-0.2, 0) is 6.54 Å². The molecule has 0 saturated carbocycles. The van der Waals surface area contributed by atoms with Crippen LogP contribution in [0.1, 0.15) is 12.7 Å². The van der Waals surface area contributed by atoms with Gasteiger partial charge in [0.1, 0.15) is 5.76 Å². The molecule has 1 rings (SSSR count). The Morgan fingerprint density at radius 2 is 2.31 bits per heavy atom. The molecule has 0 bridgehead atoms. The van der Waals surface area contributed by atoms with Crippen molar-refractivity contribution in [2.24, 2.45) is 0 Å². The Morgan fingerprint density at radius 3 is 2.77 bits per heavy atom. The predicted octanol–water partition coefficient (Wildman–Crippen LogP) is 3.47. The molecule has 0 unspecified atom stereocenters. The van der Waals surface area contributed by atoms with Crippen molar-refractivity contribution >= 4 is 31.9 Å². The van der Waals surface area contributed by atoms with E-state index in [2.05, 4.69) is 43.8 Å². The van der Waals surface area contributed by atoms with Gasteiger partial charge in [-0.15, -0.1) is 0 Å². The molecule has 0 aliphatic carbocycles. The number of hydrogen-bond donors (Lipinski definition) is 1. The SMILES string of the molecule is C=C(C)CNCc1cc(Br)c(Br)o1. The molecule has 1 aromatic rings. The lowest BCUT2D eigenvalue weighted by Gasteiger charge is -2.00. The Kier molecular flexibility index (Phi) is 4.22. The monoisotopic (exact) mass is 307 g/mol. The first-order chi connectivity index (χ1) is 6.09. The van der Waals surface area contributed by atoms with Gasteiger partial charge >= 0.3 is 0 Å². The van der Waals surface area contributed by atoms with Gasteiger partial charge in [-0.3, -0.25) is 0 Å². The van der Waals surface area contributed by atoms with Gasteiger partial charge in [0.25, 0.3) is 0 Å². The van der Waals surface area contributed by atoms with Gasteiger partial charge < -0.3 is 9.73 Å². The highest BCUT2D eigenvalue weighted by molar-refractivity contribution is 9.13. The average Bonchev–Trinajstić information content (AvgIpc) is 2.30. The van der Waals surface area contributed by atoms with Crippen LogP contribution in [0.3, 0.4) is 0 Å². The van der Waals surface area contributed by atoms with Crippen LogP contribution in [0.4, 0.5) is 0 Å². The molecule has 0 aliphatic heterocycles. The fraction of sp³-hybridized carbons (Fsp3) is 0.333. The Balaban J connectivity index is 2.41. The van der Waals surface area contributed by atoms with Crippen molar-refractivity contribution in [2.75, 3.05) is 6.54 Å². The summed E-state index contributed by atoms with van der Waals surface area (Å²) in [5, 5.41) is 3.21. The lowest BCUT2D eigenvalue weighted by Crippen LogP contribution is -2.14. The Morgan fingerprint density at radius 1 is 1.62 bits per heavy atom. The van der Waals surface area contributed by atoms with Gasteiger partial charge in [-0.1, -0.05) is 12.2 Å². The normalized spacial score (nSPS) is 10.4. The van der Waals surface area contributed by atoms with Gasteiger partial charge in [-0.2, -0.15) is 0 Å². The molecule has 0 fully saturated rings. The molecule has 4 heteroatoms.